The number of para-hydroxylation sites is 1. The summed E-state index contributed by atoms with van der Waals surface area (Å²) in [7, 11) is 0. The number of aryl methyl sites for hydroxylation is 2. The monoisotopic (exact) mass is 260 g/mol. The number of benzene rings is 1. The molecule has 2 nitrogen and oxygen atoms in total. The van der Waals surface area contributed by atoms with E-state index in [1.807, 2.05) is 0 Å². The highest BCUT2D eigenvalue weighted by Gasteiger charge is 2.25. The largest absolute Gasteiger partial charge is 0.371 e. The lowest BCUT2D eigenvalue weighted by Crippen LogP contribution is -2.39. The summed E-state index contributed by atoms with van der Waals surface area (Å²) < 4.78 is 0. The summed E-state index contributed by atoms with van der Waals surface area (Å²) in [6.45, 7) is 14.7. The Morgan fingerprint density at radius 3 is 2.42 bits per heavy atom. The summed E-state index contributed by atoms with van der Waals surface area (Å²) in [5.41, 5.74) is 4.50. The fourth-order valence-electron chi connectivity index (χ4n) is 2.96. The van der Waals surface area contributed by atoms with Crippen LogP contribution in [0.5, 0.6) is 0 Å². The van der Waals surface area contributed by atoms with Gasteiger partial charge in [0.1, 0.15) is 0 Å². The van der Waals surface area contributed by atoms with E-state index in [0.29, 0.717) is 0 Å². The summed E-state index contributed by atoms with van der Waals surface area (Å²) >= 11 is 0. The molecule has 0 amide bonds. The predicted molar refractivity (Wildman–Crippen MR) is 84.0 cm³/mol. The molecule has 0 bridgehead atoms. The molecule has 1 fully saturated rings. The molecule has 1 saturated heterocycles. The minimum absolute atomic E-state index is 0.228. The van der Waals surface area contributed by atoms with Gasteiger partial charge in [0.05, 0.1) is 0 Å². The molecule has 1 heterocycles. The molecule has 1 unspecified atom stereocenters. The molecule has 19 heavy (non-hydrogen) atoms. The molecule has 0 radical (unpaired) electrons. The Hall–Kier alpha value is -1.02. The van der Waals surface area contributed by atoms with Gasteiger partial charge < -0.3 is 10.2 Å². The van der Waals surface area contributed by atoms with E-state index in [2.05, 4.69) is 63.0 Å². The van der Waals surface area contributed by atoms with Crippen molar-refractivity contribution in [3.05, 3.63) is 29.3 Å². The van der Waals surface area contributed by atoms with E-state index < -0.39 is 0 Å². The number of hydrogen-bond donors (Lipinski definition) is 1. The van der Waals surface area contributed by atoms with E-state index in [-0.39, 0.29) is 5.54 Å². The van der Waals surface area contributed by atoms with Gasteiger partial charge in [-0.15, -0.1) is 0 Å². The van der Waals surface area contributed by atoms with E-state index in [4.69, 9.17) is 0 Å². The van der Waals surface area contributed by atoms with Crippen molar-refractivity contribution in [1.82, 2.24) is 5.32 Å². The second kappa shape index (κ2) is 5.54. The van der Waals surface area contributed by atoms with Gasteiger partial charge >= 0.3 is 0 Å². The zero-order valence-corrected chi connectivity index (χ0v) is 13.1. The molecule has 1 aromatic rings. The molecule has 0 spiro atoms. The minimum atomic E-state index is 0.228. The van der Waals surface area contributed by atoms with E-state index >= 15 is 0 Å². The Kier molecular flexibility index (Phi) is 4.19. The summed E-state index contributed by atoms with van der Waals surface area (Å²) in [4.78, 5) is 2.57. The van der Waals surface area contributed by atoms with Gasteiger partial charge in [-0.2, -0.15) is 0 Å². The molecule has 1 N–H and O–H groups in total. The first-order chi connectivity index (χ1) is 8.87. The maximum absolute atomic E-state index is 3.64. The average Bonchev–Trinajstić information content (AvgIpc) is 2.74. The molecular formula is C17H28N2. The quantitative estimate of drug-likeness (QED) is 0.894. The molecule has 0 aromatic heterocycles. The minimum Gasteiger partial charge on any atom is -0.371 e. The lowest BCUT2D eigenvalue weighted by molar-refractivity contribution is 0.383. The number of nitrogens with one attached hydrogen (secondary N) is 1. The topological polar surface area (TPSA) is 15.3 Å². The zero-order valence-electron chi connectivity index (χ0n) is 13.1. The summed E-state index contributed by atoms with van der Waals surface area (Å²) in [5.74, 6) is 0.776. The molecule has 106 valence electrons. The van der Waals surface area contributed by atoms with Crippen LogP contribution in [0.3, 0.4) is 0 Å². The standard InChI is InChI=1S/C17H28N2/c1-13-7-6-8-14(2)16(13)19-10-9-15(12-19)11-18-17(3,4)5/h6-8,15,18H,9-12H2,1-5H3. The van der Waals surface area contributed by atoms with Crippen LogP contribution < -0.4 is 10.2 Å². The molecule has 1 aliphatic rings. The van der Waals surface area contributed by atoms with Crippen molar-refractivity contribution < 1.29 is 0 Å². The van der Waals surface area contributed by atoms with Crippen molar-refractivity contribution in [2.45, 2.75) is 46.6 Å². The highest BCUT2D eigenvalue weighted by atomic mass is 15.2. The van der Waals surface area contributed by atoms with Crippen molar-refractivity contribution in [2.75, 3.05) is 24.5 Å². The normalized spacial score (nSPS) is 20.1. The fraction of sp³-hybridized carbons (Fsp3) is 0.647. The third-order valence-corrected chi connectivity index (χ3v) is 3.96. The molecule has 1 atom stereocenters. The van der Waals surface area contributed by atoms with Crippen molar-refractivity contribution in [3.8, 4) is 0 Å². The van der Waals surface area contributed by atoms with Crippen LogP contribution in [-0.2, 0) is 0 Å². The smallest absolute Gasteiger partial charge is 0.0425 e. The van der Waals surface area contributed by atoms with Crippen molar-refractivity contribution in [2.24, 2.45) is 5.92 Å². The maximum atomic E-state index is 3.64. The van der Waals surface area contributed by atoms with Gasteiger partial charge in [-0.05, 0) is 58.1 Å². The van der Waals surface area contributed by atoms with Gasteiger partial charge in [0, 0.05) is 30.9 Å². The molecule has 1 aromatic carbocycles. The third kappa shape index (κ3) is 3.73. The molecule has 2 heteroatoms. The van der Waals surface area contributed by atoms with Gasteiger partial charge in [-0.3, -0.25) is 0 Å². The van der Waals surface area contributed by atoms with Crippen LogP contribution in [0.1, 0.15) is 38.3 Å². The SMILES string of the molecule is Cc1cccc(C)c1N1CCC(CNC(C)(C)C)C1. The summed E-state index contributed by atoms with van der Waals surface area (Å²) in [5, 5.41) is 3.64. The fourth-order valence-corrected chi connectivity index (χ4v) is 2.96. The Labute approximate surface area is 118 Å². The average molecular weight is 260 g/mol. The molecule has 1 aliphatic heterocycles. The van der Waals surface area contributed by atoms with E-state index in [1.165, 1.54) is 36.3 Å². The van der Waals surface area contributed by atoms with Crippen LogP contribution in [0.4, 0.5) is 5.69 Å². The Morgan fingerprint density at radius 1 is 1.21 bits per heavy atom. The van der Waals surface area contributed by atoms with Crippen molar-refractivity contribution >= 4 is 5.69 Å². The Bertz CT molecular complexity index is 411. The highest BCUT2D eigenvalue weighted by molar-refractivity contribution is 5.59. The number of anilines is 1. The Balaban J connectivity index is 1.99. The van der Waals surface area contributed by atoms with Crippen LogP contribution in [0.25, 0.3) is 0 Å². The van der Waals surface area contributed by atoms with Crippen LogP contribution >= 0.6 is 0 Å². The molecule has 0 aliphatic carbocycles. The van der Waals surface area contributed by atoms with Gasteiger partial charge in [-0.25, -0.2) is 0 Å². The molecule has 0 saturated carbocycles. The van der Waals surface area contributed by atoms with Gasteiger partial charge in [0.15, 0.2) is 0 Å². The predicted octanol–water partition coefficient (Wildman–Crippen LogP) is 3.52. The Morgan fingerprint density at radius 2 is 1.84 bits per heavy atom. The molecular weight excluding hydrogens is 232 g/mol. The zero-order chi connectivity index (χ0) is 14.0. The number of hydrogen-bond acceptors (Lipinski definition) is 2. The van der Waals surface area contributed by atoms with Crippen LogP contribution in [0.15, 0.2) is 18.2 Å². The first-order valence-electron chi connectivity index (χ1n) is 7.43. The number of rotatable bonds is 3. The summed E-state index contributed by atoms with van der Waals surface area (Å²) in [6.07, 6.45) is 1.30. The highest BCUT2D eigenvalue weighted by Crippen LogP contribution is 2.29. The third-order valence-electron chi connectivity index (χ3n) is 3.96. The van der Waals surface area contributed by atoms with Crippen molar-refractivity contribution in [3.63, 3.8) is 0 Å². The molecule has 2 rings (SSSR count). The van der Waals surface area contributed by atoms with E-state index in [1.54, 1.807) is 0 Å². The van der Waals surface area contributed by atoms with Gasteiger partial charge in [0.25, 0.3) is 0 Å². The van der Waals surface area contributed by atoms with Crippen LogP contribution in [0.2, 0.25) is 0 Å². The van der Waals surface area contributed by atoms with E-state index in [0.717, 1.165) is 12.5 Å². The lowest BCUT2D eigenvalue weighted by Gasteiger charge is -2.25. The van der Waals surface area contributed by atoms with Gasteiger partial charge in [0.2, 0.25) is 0 Å². The van der Waals surface area contributed by atoms with E-state index in [9.17, 15) is 0 Å². The summed E-state index contributed by atoms with van der Waals surface area (Å²) in [6, 6.07) is 6.61. The first kappa shape index (κ1) is 14.4. The number of nitrogens with zero attached hydrogens (tertiary/aromatic N) is 1. The first-order valence-corrected chi connectivity index (χ1v) is 7.43. The second-order valence-electron chi connectivity index (χ2n) is 6.97. The second-order valence-corrected chi connectivity index (χ2v) is 6.97. The van der Waals surface area contributed by atoms with Crippen LogP contribution in [-0.4, -0.2) is 25.2 Å². The maximum Gasteiger partial charge on any atom is 0.0425 e. The van der Waals surface area contributed by atoms with Gasteiger partial charge in [-0.1, -0.05) is 18.2 Å². The van der Waals surface area contributed by atoms with Crippen molar-refractivity contribution in [1.29, 1.82) is 0 Å². The lowest BCUT2D eigenvalue weighted by atomic mass is 10.0. The van der Waals surface area contributed by atoms with Crippen LogP contribution in [0, 0.1) is 19.8 Å².